The lowest BCUT2D eigenvalue weighted by Gasteiger charge is -2.07. The molecule has 20 heavy (non-hydrogen) atoms. The maximum atomic E-state index is 13.3. The molecular formula is C15H20FN3S. The van der Waals surface area contributed by atoms with Crippen molar-refractivity contribution in [1.29, 1.82) is 0 Å². The molecule has 0 fully saturated rings. The van der Waals surface area contributed by atoms with Crippen LogP contribution < -0.4 is 5.32 Å². The lowest BCUT2D eigenvalue weighted by Crippen LogP contribution is -2.14. The Bertz CT molecular complexity index is 580. The summed E-state index contributed by atoms with van der Waals surface area (Å²) in [7, 11) is 1.93. The van der Waals surface area contributed by atoms with Crippen LogP contribution in [0.15, 0.2) is 34.2 Å². The number of hydrogen-bond donors (Lipinski definition) is 1. The first-order chi connectivity index (χ1) is 9.61. The smallest absolute Gasteiger partial charge is 0.124 e. The van der Waals surface area contributed by atoms with E-state index in [0.717, 1.165) is 35.1 Å². The number of rotatable bonds is 6. The minimum atomic E-state index is -0.209. The van der Waals surface area contributed by atoms with Crippen LogP contribution in [-0.2, 0) is 13.6 Å². The lowest BCUT2D eigenvalue weighted by atomic mass is 10.2. The highest BCUT2D eigenvalue weighted by molar-refractivity contribution is 7.99. The van der Waals surface area contributed by atoms with Gasteiger partial charge in [0.2, 0.25) is 0 Å². The average Bonchev–Trinajstić information content (AvgIpc) is 2.66. The first kappa shape index (κ1) is 15.1. The molecule has 2 rings (SSSR count). The Balaban J connectivity index is 2.21. The first-order valence-corrected chi connectivity index (χ1v) is 7.60. The standard InChI is InChI=1S/C15H20FN3S/c1-4-8-17-10-14-11(2)18-19(3)15(14)20-13-7-5-6-12(16)9-13/h5-7,9,17H,4,8,10H2,1-3H3. The van der Waals surface area contributed by atoms with E-state index in [1.807, 2.05) is 24.7 Å². The van der Waals surface area contributed by atoms with Crippen LogP contribution in [-0.4, -0.2) is 16.3 Å². The second-order valence-electron chi connectivity index (χ2n) is 4.73. The van der Waals surface area contributed by atoms with Crippen LogP contribution in [0.1, 0.15) is 24.6 Å². The van der Waals surface area contributed by atoms with Crippen LogP contribution in [0.4, 0.5) is 4.39 Å². The van der Waals surface area contributed by atoms with Crippen molar-refractivity contribution < 1.29 is 4.39 Å². The average molecular weight is 293 g/mol. The van der Waals surface area contributed by atoms with E-state index in [0.29, 0.717) is 0 Å². The van der Waals surface area contributed by atoms with Crippen molar-refractivity contribution in [3.05, 3.63) is 41.3 Å². The van der Waals surface area contributed by atoms with Crippen LogP contribution in [0.2, 0.25) is 0 Å². The Kier molecular flexibility index (Phi) is 5.20. The van der Waals surface area contributed by atoms with Gasteiger partial charge in [0.1, 0.15) is 10.8 Å². The van der Waals surface area contributed by atoms with Gasteiger partial charge in [-0.05, 0) is 38.1 Å². The van der Waals surface area contributed by atoms with Crippen molar-refractivity contribution in [1.82, 2.24) is 15.1 Å². The number of aryl methyl sites for hydroxylation is 2. The van der Waals surface area contributed by atoms with Crippen molar-refractivity contribution >= 4 is 11.8 Å². The monoisotopic (exact) mass is 293 g/mol. The lowest BCUT2D eigenvalue weighted by molar-refractivity contribution is 0.624. The van der Waals surface area contributed by atoms with E-state index < -0.39 is 0 Å². The van der Waals surface area contributed by atoms with Gasteiger partial charge in [0.15, 0.2) is 0 Å². The second kappa shape index (κ2) is 6.90. The summed E-state index contributed by atoms with van der Waals surface area (Å²) in [5.74, 6) is -0.209. The Morgan fingerprint density at radius 3 is 2.90 bits per heavy atom. The molecule has 2 aromatic rings. The predicted molar refractivity (Wildman–Crippen MR) is 80.5 cm³/mol. The normalized spacial score (nSPS) is 11.0. The van der Waals surface area contributed by atoms with Crippen molar-refractivity contribution in [3.8, 4) is 0 Å². The quantitative estimate of drug-likeness (QED) is 0.827. The molecule has 0 radical (unpaired) electrons. The van der Waals surface area contributed by atoms with Crippen LogP contribution in [0, 0.1) is 12.7 Å². The van der Waals surface area contributed by atoms with E-state index in [1.54, 1.807) is 23.9 Å². The molecule has 108 valence electrons. The molecule has 1 aromatic carbocycles. The minimum Gasteiger partial charge on any atom is -0.313 e. The predicted octanol–water partition coefficient (Wildman–Crippen LogP) is 3.52. The molecule has 0 aliphatic heterocycles. The molecule has 0 aliphatic rings. The van der Waals surface area contributed by atoms with Crippen molar-refractivity contribution in [3.63, 3.8) is 0 Å². The van der Waals surface area contributed by atoms with E-state index >= 15 is 0 Å². The number of nitrogens with zero attached hydrogens (tertiary/aromatic N) is 2. The summed E-state index contributed by atoms with van der Waals surface area (Å²) in [5, 5.41) is 8.94. The van der Waals surface area contributed by atoms with E-state index in [4.69, 9.17) is 0 Å². The third kappa shape index (κ3) is 3.61. The molecule has 0 saturated carbocycles. The fourth-order valence-corrected chi connectivity index (χ4v) is 3.10. The van der Waals surface area contributed by atoms with E-state index in [1.165, 1.54) is 11.6 Å². The van der Waals surface area contributed by atoms with Gasteiger partial charge < -0.3 is 5.32 Å². The largest absolute Gasteiger partial charge is 0.313 e. The van der Waals surface area contributed by atoms with Gasteiger partial charge in [-0.1, -0.05) is 24.8 Å². The molecule has 1 aromatic heterocycles. The highest BCUT2D eigenvalue weighted by Crippen LogP contribution is 2.31. The molecule has 1 N–H and O–H groups in total. The zero-order valence-corrected chi connectivity index (χ0v) is 12.9. The third-order valence-electron chi connectivity index (χ3n) is 3.03. The molecule has 1 heterocycles. The van der Waals surface area contributed by atoms with Gasteiger partial charge in [-0.2, -0.15) is 5.10 Å². The van der Waals surface area contributed by atoms with Gasteiger partial charge in [-0.15, -0.1) is 0 Å². The number of aromatic nitrogens is 2. The summed E-state index contributed by atoms with van der Waals surface area (Å²) >= 11 is 1.55. The van der Waals surface area contributed by atoms with Gasteiger partial charge in [0.05, 0.1) is 5.69 Å². The fourth-order valence-electron chi connectivity index (χ4n) is 2.04. The summed E-state index contributed by atoms with van der Waals surface area (Å²) in [6.45, 7) is 5.94. The van der Waals surface area contributed by atoms with Crippen molar-refractivity contribution in [2.24, 2.45) is 7.05 Å². The number of benzene rings is 1. The molecule has 0 spiro atoms. The number of halogens is 1. The van der Waals surface area contributed by atoms with Crippen molar-refractivity contribution in [2.45, 2.75) is 36.7 Å². The molecule has 0 atom stereocenters. The summed E-state index contributed by atoms with van der Waals surface area (Å²) in [5.41, 5.74) is 2.21. The zero-order chi connectivity index (χ0) is 14.5. The van der Waals surface area contributed by atoms with Gasteiger partial charge in [-0.3, -0.25) is 4.68 Å². The van der Waals surface area contributed by atoms with Crippen LogP contribution in [0.25, 0.3) is 0 Å². The van der Waals surface area contributed by atoms with Crippen LogP contribution >= 0.6 is 11.8 Å². The Labute approximate surface area is 123 Å². The molecule has 0 aliphatic carbocycles. The maximum Gasteiger partial charge on any atom is 0.124 e. The van der Waals surface area contributed by atoms with Gasteiger partial charge in [0, 0.05) is 24.1 Å². The maximum absolute atomic E-state index is 13.3. The number of hydrogen-bond acceptors (Lipinski definition) is 3. The molecule has 0 amide bonds. The topological polar surface area (TPSA) is 29.9 Å². The first-order valence-electron chi connectivity index (χ1n) is 6.78. The van der Waals surface area contributed by atoms with Crippen LogP contribution in [0.3, 0.4) is 0 Å². The molecule has 0 bridgehead atoms. The Morgan fingerprint density at radius 1 is 1.40 bits per heavy atom. The Hall–Kier alpha value is -1.33. The summed E-state index contributed by atoms with van der Waals surface area (Å²) in [4.78, 5) is 0.893. The number of nitrogens with one attached hydrogen (secondary N) is 1. The highest BCUT2D eigenvalue weighted by Gasteiger charge is 2.14. The second-order valence-corrected chi connectivity index (χ2v) is 5.79. The van der Waals surface area contributed by atoms with E-state index in [2.05, 4.69) is 17.3 Å². The highest BCUT2D eigenvalue weighted by atomic mass is 32.2. The van der Waals surface area contributed by atoms with Crippen LogP contribution in [0.5, 0.6) is 0 Å². The summed E-state index contributed by atoms with van der Waals surface area (Å²) in [6, 6.07) is 6.66. The van der Waals surface area contributed by atoms with Crippen molar-refractivity contribution in [2.75, 3.05) is 6.54 Å². The fraction of sp³-hybridized carbons (Fsp3) is 0.400. The molecule has 3 nitrogen and oxygen atoms in total. The van der Waals surface area contributed by atoms with Gasteiger partial charge in [-0.25, -0.2) is 4.39 Å². The Morgan fingerprint density at radius 2 is 2.20 bits per heavy atom. The molecule has 5 heteroatoms. The SMILES string of the molecule is CCCNCc1c(C)nn(C)c1Sc1cccc(F)c1. The zero-order valence-electron chi connectivity index (χ0n) is 12.1. The summed E-state index contributed by atoms with van der Waals surface area (Å²) < 4.78 is 15.1. The van der Waals surface area contributed by atoms with E-state index in [-0.39, 0.29) is 5.82 Å². The molecule has 0 saturated heterocycles. The van der Waals surface area contributed by atoms with Gasteiger partial charge >= 0.3 is 0 Å². The molecular weight excluding hydrogens is 273 g/mol. The summed E-state index contributed by atoms with van der Waals surface area (Å²) in [6.07, 6.45) is 1.10. The third-order valence-corrected chi connectivity index (χ3v) is 4.22. The minimum absolute atomic E-state index is 0.209. The molecule has 0 unspecified atom stereocenters. The van der Waals surface area contributed by atoms with E-state index in [9.17, 15) is 4.39 Å². The van der Waals surface area contributed by atoms with Gasteiger partial charge in [0.25, 0.3) is 0 Å².